The first-order valence-corrected chi connectivity index (χ1v) is 8.46. The molecule has 122 valence electrons. The van der Waals surface area contributed by atoms with Gasteiger partial charge in [-0.05, 0) is 44.4 Å². The molecule has 1 amide bonds. The van der Waals surface area contributed by atoms with Gasteiger partial charge in [0.1, 0.15) is 5.75 Å². The van der Waals surface area contributed by atoms with Gasteiger partial charge in [0.15, 0.2) is 0 Å². The topological polar surface area (TPSA) is 42.8 Å². The molecular formula is C17H26ClN2O2+. The van der Waals surface area contributed by atoms with Crippen molar-refractivity contribution in [1.29, 1.82) is 0 Å². The maximum atomic E-state index is 12.2. The zero-order valence-corrected chi connectivity index (χ0v) is 14.2. The highest BCUT2D eigenvalue weighted by Gasteiger charge is 2.21. The van der Waals surface area contributed by atoms with E-state index in [0.717, 1.165) is 19.0 Å². The Kier molecular flexibility index (Phi) is 6.52. The zero-order chi connectivity index (χ0) is 15.9. The Morgan fingerprint density at radius 1 is 1.45 bits per heavy atom. The molecule has 0 bridgehead atoms. The summed E-state index contributed by atoms with van der Waals surface area (Å²) < 4.78 is 5.21. The minimum absolute atomic E-state index is 0.124. The van der Waals surface area contributed by atoms with E-state index in [9.17, 15) is 4.79 Å². The molecule has 2 atom stereocenters. The zero-order valence-electron chi connectivity index (χ0n) is 13.5. The molecule has 1 aliphatic rings. The van der Waals surface area contributed by atoms with Crippen LogP contribution in [0, 0.1) is 0 Å². The third kappa shape index (κ3) is 4.62. The Balaban J connectivity index is 1.79. The normalized spacial score (nSPS) is 21.4. The average Bonchev–Trinajstić information content (AvgIpc) is 2.52. The third-order valence-corrected chi connectivity index (χ3v) is 4.68. The first-order valence-electron chi connectivity index (χ1n) is 8.08. The molecule has 4 nitrogen and oxygen atoms in total. The van der Waals surface area contributed by atoms with Crippen LogP contribution in [-0.4, -0.2) is 38.7 Å². The highest BCUT2D eigenvalue weighted by Crippen LogP contribution is 2.22. The molecule has 0 saturated carbocycles. The van der Waals surface area contributed by atoms with Gasteiger partial charge in [0.25, 0.3) is 5.91 Å². The Bertz CT molecular complexity index is 507. The van der Waals surface area contributed by atoms with Crippen LogP contribution >= 0.6 is 11.6 Å². The van der Waals surface area contributed by atoms with E-state index >= 15 is 0 Å². The second-order valence-corrected chi connectivity index (χ2v) is 6.45. The van der Waals surface area contributed by atoms with Gasteiger partial charge in [0.05, 0.1) is 31.8 Å². The fraction of sp³-hybridized carbons (Fsp3) is 0.588. The van der Waals surface area contributed by atoms with Crippen LogP contribution in [0.15, 0.2) is 18.2 Å². The van der Waals surface area contributed by atoms with Crippen molar-refractivity contribution in [2.45, 2.75) is 38.6 Å². The molecule has 2 N–H and O–H groups in total. The number of benzene rings is 1. The van der Waals surface area contributed by atoms with E-state index < -0.39 is 0 Å². The lowest BCUT2D eigenvalue weighted by atomic mass is 10.0. The van der Waals surface area contributed by atoms with Gasteiger partial charge in [-0.15, -0.1) is 0 Å². The van der Waals surface area contributed by atoms with Gasteiger partial charge >= 0.3 is 0 Å². The number of rotatable bonds is 6. The van der Waals surface area contributed by atoms with E-state index in [2.05, 4.69) is 12.2 Å². The van der Waals surface area contributed by atoms with Crippen LogP contribution in [-0.2, 0) is 0 Å². The van der Waals surface area contributed by atoms with E-state index in [4.69, 9.17) is 16.3 Å². The highest BCUT2D eigenvalue weighted by molar-refractivity contribution is 6.31. The number of carbonyl (C=O) groups excluding carboxylic acids is 1. The third-order valence-electron chi connectivity index (χ3n) is 4.45. The van der Waals surface area contributed by atoms with Crippen molar-refractivity contribution in [3.8, 4) is 5.75 Å². The van der Waals surface area contributed by atoms with Gasteiger partial charge in [-0.2, -0.15) is 0 Å². The summed E-state index contributed by atoms with van der Waals surface area (Å²) in [7, 11) is 1.56. The van der Waals surface area contributed by atoms with Gasteiger partial charge in [0.2, 0.25) is 0 Å². The smallest absolute Gasteiger partial charge is 0.255 e. The van der Waals surface area contributed by atoms with E-state index in [1.807, 2.05) is 0 Å². The number of quaternary nitrogens is 1. The average molecular weight is 326 g/mol. The van der Waals surface area contributed by atoms with E-state index in [-0.39, 0.29) is 5.91 Å². The van der Waals surface area contributed by atoms with Gasteiger partial charge in [0, 0.05) is 18.0 Å². The second-order valence-electron chi connectivity index (χ2n) is 6.01. The number of ether oxygens (including phenoxy) is 1. The number of hydrogen-bond acceptors (Lipinski definition) is 2. The molecule has 0 radical (unpaired) electrons. The molecule has 5 heteroatoms. The number of likely N-dealkylation sites (tertiary alicyclic amines) is 1. The summed E-state index contributed by atoms with van der Waals surface area (Å²) in [6, 6.07) is 5.83. The summed E-state index contributed by atoms with van der Waals surface area (Å²) in [5, 5.41) is 3.50. The van der Waals surface area contributed by atoms with Crippen LogP contribution in [0.4, 0.5) is 0 Å². The summed E-state index contributed by atoms with van der Waals surface area (Å²) in [6.45, 7) is 5.39. The molecule has 1 aromatic rings. The first kappa shape index (κ1) is 17.1. The molecule has 1 saturated heterocycles. The molecule has 0 aliphatic carbocycles. The van der Waals surface area contributed by atoms with Crippen LogP contribution in [0.5, 0.6) is 5.75 Å². The number of methoxy groups -OCH3 is 1. The maximum absolute atomic E-state index is 12.2. The predicted molar refractivity (Wildman–Crippen MR) is 89.0 cm³/mol. The maximum Gasteiger partial charge on any atom is 0.255 e. The molecule has 0 spiro atoms. The number of piperidine rings is 1. The molecule has 2 rings (SSSR count). The summed E-state index contributed by atoms with van der Waals surface area (Å²) in [5.41, 5.74) is 0.494. The van der Waals surface area contributed by atoms with Crippen molar-refractivity contribution in [2.75, 3.05) is 26.7 Å². The molecule has 1 fully saturated rings. The molecule has 0 aromatic heterocycles. The molecule has 22 heavy (non-hydrogen) atoms. The molecule has 1 aromatic carbocycles. The predicted octanol–water partition coefficient (Wildman–Crippen LogP) is 1.93. The molecule has 1 unspecified atom stereocenters. The summed E-state index contributed by atoms with van der Waals surface area (Å²) in [4.78, 5) is 13.9. The fourth-order valence-electron chi connectivity index (χ4n) is 3.09. The van der Waals surface area contributed by atoms with E-state index in [0.29, 0.717) is 22.9 Å². The number of hydrogen-bond donors (Lipinski definition) is 2. The quantitative estimate of drug-likeness (QED) is 0.785. The second kappa shape index (κ2) is 8.39. The lowest BCUT2D eigenvalue weighted by molar-refractivity contribution is -0.928. The van der Waals surface area contributed by atoms with Crippen LogP contribution in [0.25, 0.3) is 0 Å². The van der Waals surface area contributed by atoms with Gasteiger partial charge in [-0.3, -0.25) is 4.79 Å². The Morgan fingerprint density at radius 2 is 2.27 bits per heavy atom. The van der Waals surface area contributed by atoms with E-state index in [1.54, 1.807) is 30.2 Å². The Hall–Kier alpha value is -1.26. The Morgan fingerprint density at radius 3 is 3.00 bits per heavy atom. The van der Waals surface area contributed by atoms with Crippen molar-refractivity contribution in [3.63, 3.8) is 0 Å². The van der Waals surface area contributed by atoms with Crippen LogP contribution in [0.1, 0.15) is 43.0 Å². The molecular weight excluding hydrogens is 300 g/mol. The van der Waals surface area contributed by atoms with Crippen molar-refractivity contribution in [2.24, 2.45) is 0 Å². The lowest BCUT2D eigenvalue weighted by Gasteiger charge is -2.30. The van der Waals surface area contributed by atoms with Crippen LogP contribution in [0.2, 0.25) is 5.02 Å². The minimum atomic E-state index is -0.124. The van der Waals surface area contributed by atoms with Crippen LogP contribution in [0.3, 0.4) is 0 Å². The SMILES string of the molecule is COc1ccc(Cl)cc1C(=O)NCCC[NH+]1CCCC[C@H]1C. The van der Waals surface area contributed by atoms with Crippen molar-refractivity contribution in [1.82, 2.24) is 5.32 Å². The highest BCUT2D eigenvalue weighted by atomic mass is 35.5. The van der Waals surface area contributed by atoms with Crippen LogP contribution < -0.4 is 15.0 Å². The lowest BCUT2D eigenvalue weighted by Crippen LogP contribution is -3.16. The largest absolute Gasteiger partial charge is 0.496 e. The number of amides is 1. The molecule has 1 heterocycles. The Labute approximate surface area is 137 Å². The monoisotopic (exact) mass is 325 g/mol. The number of halogens is 1. The van der Waals surface area contributed by atoms with Gasteiger partial charge in [-0.1, -0.05) is 11.6 Å². The summed E-state index contributed by atoms with van der Waals surface area (Å²) in [6.07, 6.45) is 5.00. The number of nitrogens with one attached hydrogen (secondary N) is 2. The van der Waals surface area contributed by atoms with Gasteiger partial charge < -0.3 is 15.0 Å². The molecule has 1 aliphatic heterocycles. The minimum Gasteiger partial charge on any atom is -0.496 e. The van der Waals surface area contributed by atoms with Crippen molar-refractivity contribution in [3.05, 3.63) is 28.8 Å². The number of carbonyl (C=O) groups is 1. The summed E-state index contributed by atoms with van der Waals surface area (Å²) in [5.74, 6) is 0.429. The van der Waals surface area contributed by atoms with Crippen molar-refractivity contribution >= 4 is 17.5 Å². The van der Waals surface area contributed by atoms with Gasteiger partial charge in [-0.25, -0.2) is 0 Å². The fourth-order valence-corrected chi connectivity index (χ4v) is 3.27. The summed E-state index contributed by atoms with van der Waals surface area (Å²) >= 11 is 5.96. The van der Waals surface area contributed by atoms with Crippen molar-refractivity contribution < 1.29 is 14.4 Å². The first-order chi connectivity index (χ1) is 10.6. The standard InChI is InChI=1S/C17H25ClN2O2/c1-13-6-3-4-10-20(13)11-5-9-19-17(21)15-12-14(18)7-8-16(15)22-2/h7-8,12-13H,3-6,9-11H2,1-2H3,(H,19,21)/p+1/t13-/m1/s1. The van der Waals surface area contributed by atoms with E-state index in [1.165, 1.54) is 25.8 Å².